The molecule has 5 heteroatoms. The van der Waals surface area contributed by atoms with Gasteiger partial charge in [-0.15, -0.1) is 0 Å². The number of hydrogen-bond donors (Lipinski definition) is 1. The number of primary amides is 1. The lowest BCUT2D eigenvalue weighted by molar-refractivity contribution is -0.118. The zero-order valence-corrected chi connectivity index (χ0v) is 10.6. The van der Waals surface area contributed by atoms with Crippen LogP contribution in [0, 0.1) is 0 Å². The van der Waals surface area contributed by atoms with Gasteiger partial charge in [0.1, 0.15) is 0 Å². The minimum Gasteiger partial charge on any atom is -0.441 e. The molecule has 0 aliphatic rings. The quantitative estimate of drug-likeness (QED) is 0.942. The molecule has 2 N–H and O–H groups in total. The molecular weight excluding hydrogens is 284 g/mol. The second-order valence-electron chi connectivity index (χ2n) is 3.59. The average molecular weight is 295 g/mol. The smallest absolute Gasteiger partial charge is 0.217 e. The summed E-state index contributed by atoms with van der Waals surface area (Å²) in [6.45, 7) is 0. The number of rotatable bonds is 4. The number of benzene rings is 1. The van der Waals surface area contributed by atoms with Crippen LogP contribution in [0.3, 0.4) is 0 Å². The summed E-state index contributed by atoms with van der Waals surface area (Å²) in [6.07, 6.45) is 2.33. The predicted molar refractivity (Wildman–Crippen MR) is 67.2 cm³/mol. The summed E-state index contributed by atoms with van der Waals surface area (Å²) in [5, 5.41) is 0. The zero-order chi connectivity index (χ0) is 12.3. The van der Waals surface area contributed by atoms with E-state index in [9.17, 15) is 4.79 Å². The number of nitrogens with zero attached hydrogens (tertiary/aromatic N) is 1. The number of hydrogen-bond acceptors (Lipinski definition) is 3. The van der Waals surface area contributed by atoms with Gasteiger partial charge in [-0.1, -0.05) is 28.1 Å². The highest BCUT2D eigenvalue weighted by Gasteiger charge is 2.07. The van der Waals surface area contributed by atoms with Crippen molar-refractivity contribution in [3.8, 4) is 11.3 Å². The molecule has 1 aromatic carbocycles. The van der Waals surface area contributed by atoms with Crippen molar-refractivity contribution >= 4 is 21.8 Å². The van der Waals surface area contributed by atoms with Crippen LogP contribution in [-0.4, -0.2) is 10.9 Å². The van der Waals surface area contributed by atoms with E-state index >= 15 is 0 Å². The highest BCUT2D eigenvalue weighted by Crippen LogP contribution is 2.23. The molecule has 0 aliphatic heterocycles. The SMILES string of the molecule is NC(=O)CCc1ncc(-c2cccc(Br)c2)o1. The largest absolute Gasteiger partial charge is 0.441 e. The molecule has 2 rings (SSSR count). The Labute approximate surface area is 107 Å². The normalized spacial score (nSPS) is 10.4. The van der Waals surface area contributed by atoms with Crippen LogP contribution < -0.4 is 5.73 Å². The molecule has 4 nitrogen and oxygen atoms in total. The third-order valence-corrected chi connectivity index (χ3v) is 2.74. The third kappa shape index (κ3) is 3.17. The number of nitrogens with two attached hydrogens (primary N) is 1. The lowest BCUT2D eigenvalue weighted by atomic mass is 10.2. The fourth-order valence-electron chi connectivity index (χ4n) is 1.43. The van der Waals surface area contributed by atoms with Crippen LogP contribution in [0.2, 0.25) is 0 Å². The topological polar surface area (TPSA) is 69.1 Å². The summed E-state index contributed by atoms with van der Waals surface area (Å²) in [5.41, 5.74) is 6.01. The highest BCUT2D eigenvalue weighted by molar-refractivity contribution is 9.10. The van der Waals surface area contributed by atoms with Crippen molar-refractivity contribution in [3.05, 3.63) is 40.8 Å². The monoisotopic (exact) mass is 294 g/mol. The van der Waals surface area contributed by atoms with Crippen LogP contribution in [0.4, 0.5) is 0 Å². The number of halogens is 1. The van der Waals surface area contributed by atoms with E-state index in [2.05, 4.69) is 20.9 Å². The summed E-state index contributed by atoms with van der Waals surface area (Å²) in [6, 6.07) is 7.74. The second-order valence-corrected chi connectivity index (χ2v) is 4.51. The lowest BCUT2D eigenvalue weighted by Crippen LogP contribution is -2.11. The van der Waals surface area contributed by atoms with E-state index < -0.39 is 0 Å². The number of aromatic nitrogens is 1. The minimum atomic E-state index is -0.354. The Balaban J connectivity index is 2.15. The van der Waals surface area contributed by atoms with Crippen molar-refractivity contribution in [2.75, 3.05) is 0 Å². The van der Waals surface area contributed by atoms with Gasteiger partial charge >= 0.3 is 0 Å². The molecule has 0 bridgehead atoms. The molecule has 0 radical (unpaired) electrons. The van der Waals surface area contributed by atoms with Crippen molar-refractivity contribution < 1.29 is 9.21 Å². The highest BCUT2D eigenvalue weighted by atomic mass is 79.9. The Morgan fingerprint density at radius 2 is 2.29 bits per heavy atom. The maximum atomic E-state index is 10.6. The van der Waals surface area contributed by atoms with Gasteiger partial charge in [0.25, 0.3) is 0 Å². The first-order valence-electron chi connectivity index (χ1n) is 5.14. The molecule has 0 aliphatic carbocycles. The summed E-state index contributed by atoms with van der Waals surface area (Å²) in [5.74, 6) is 0.858. The third-order valence-electron chi connectivity index (χ3n) is 2.25. The molecule has 0 fully saturated rings. The van der Waals surface area contributed by atoms with Gasteiger partial charge in [0.05, 0.1) is 6.20 Å². The fourth-order valence-corrected chi connectivity index (χ4v) is 1.83. The Morgan fingerprint density at radius 3 is 3.00 bits per heavy atom. The van der Waals surface area contributed by atoms with Crippen LogP contribution >= 0.6 is 15.9 Å². The second kappa shape index (κ2) is 5.14. The maximum absolute atomic E-state index is 10.6. The Kier molecular flexibility index (Phi) is 3.58. The Bertz CT molecular complexity index is 537. The van der Waals surface area contributed by atoms with Gasteiger partial charge in [-0.2, -0.15) is 0 Å². The van der Waals surface area contributed by atoms with Gasteiger partial charge in [-0.3, -0.25) is 4.79 Å². The predicted octanol–water partition coefficient (Wildman–Crippen LogP) is 2.52. The number of oxazole rings is 1. The summed E-state index contributed by atoms with van der Waals surface area (Å²) in [4.78, 5) is 14.7. The van der Waals surface area contributed by atoms with Gasteiger partial charge in [0, 0.05) is 22.9 Å². The van der Waals surface area contributed by atoms with Crippen molar-refractivity contribution in [3.63, 3.8) is 0 Å². The van der Waals surface area contributed by atoms with Crippen molar-refractivity contribution in [2.24, 2.45) is 5.73 Å². The molecule has 17 heavy (non-hydrogen) atoms. The zero-order valence-electron chi connectivity index (χ0n) is 9.02. The van der Waals surface area contributed by atoms with Crippen molar-refractivity contribution in [1.29, 1.82) is 0 Å². The van der Waals surface area contributed by atoms with Crippen molar-refractivity contribution in [2.45, 2.75) is 12.8 Å². The van der Waals surface area contributed by atoms with E-state index in [4.69, 9.17) is 10.2 Å². The first-order valence-corrected chi connectivity index (χ1v) is 5.93. The molecule has 1 aromatic heterocycles. The lowest BCUT2D eigenvalue weighted by Gasteiger charge is -1.96. The van der Waals surface area contributed by atoms with E-state index in [1.54, 1.807) is 6.20 Å². The molecule has 0 spiro atoms. The van der Waals surface area contributed by atoms with E-state index in [1.807, 2.05) is 24.3 Å². The maximum Gasteiger partial charge on any atom is 0.217 e. The van der Waals surface area contributed by atoms with E-state index in [1.165, 1.54) is 0 Å². The summed E-state index contributed by atoms with van der Waals surface area (Å²) >= 11 is 3.39. The summed E-state index contributed by atoms with van der Waals surface area (Å²) in [7, 11) is 0. The van der Waals surface area contributed by atoms with Crippen LogP contribution in [0.1, 0.15) is 12.3 Å². The van der Waals surface area contributed by atoms with Gasteiger partial charge < -0.3 is 10.2 Å². The molecule has 1 heterocycles. The van der Waals surface area contributed by atoms with E-state index in [0.717, 1.165) is 10.0 Å². The van der Waals surface area contributed by atoms with Crippen LogP contribution in [0.5, 0.6) is 0 Å². The van der Waals surface area contributed by atoms with Gasteiger partial charge in [0.2, 0.25) is 5.91 Å². The summed E-state index contributed by atoms with van der Waals surface area (Å²) < 4.78 is 6.51. The molecule has 88 valence electrons. The molecule has 0 unspecified atom stereocenters. The van der Waals surface area contributed by atoms with Crippen LogP contribution in [-0.2, 0) is 11.2 Å². The number of carbonyl (C=O) groups excluding carboxylic acids is 1. The van der Waals surface area contributed by atoms with Crippen LogP contribution in [0.25, 0.3) is 11.3 Å². The van der Waals surface area contributed by atoms with Gasteiger partial charge in [-0.25, -0.2) is 4.98 Å². The molecular formula is C12H11BrN2O2. The number of aryl methyl sites for hydroxylation is 1. The minimum absolute atomic E-state index is 0.248. The molecule has 0 atom stereocenters. The number of carbonyl (C=O) groups is 1. The van der Waals surface area contributed by atoms with Crippen molar-refractivity contribution in [1.82, 2.24) is 4.98 Å². The van der Waals surface area contributed by atoms with Gasteiger partial charge in [0.15, 0.2) is 11.7 Å². The Morgan fingerprint density at radius 1 is 1.47 bits per heavy atom. The first kappa shape index (κ1) is 11.9. The molecule has 2 aromatic rings. The molecule has 0 saturated heterocycles. The number of amides is 1. The van der Waals surface area contributed by atoms with E-state index in [0.29, 0.717) is 18.1 Å². The fraction of sp³-hybridized carbons (Fsp3) is 0.167. The Hall–Kier alpha value is -1.62. The van der Waals surface area contributed by atoms with Crippen LogP contribution in [0.15, 0.2) is 39.4 Å². The average Bonchev–Trinajstić information content (AvgIpc) is 2.75. The van der Waals surface area contributed by atoms with Gasteiger partial charge in [-0.05, 0) is 12.1 Å². The first-order chi connectivity index (χ1) is 8.15. The molecule has 0 saturated carbocycles. The molecule has 1 amide bonds. The standard InChI is InChI=1S/C12H11BrN2O2/c13-9-3-1-2-8(6-9)10-7-15-12(17-10)5-4-11(14)16/h1-3,6-7H,4-5H2,(H2,14,16). The van der Waals surface area contributed by atoms with E-state index in [-0.39, 0.29) is 12.3 Å².